The van der Waals surface area contributed by atoms with Gasteiger partial charge in [0.1, 0.15) is 0 Å². The molecule has 6 heteroatoms. The highest BCUT2D eigenvalue weighted by Crippen LogP contribution is 2.16. The van der Waals surface area contributed by atoms with Gasteiger partial charge < -0.3 is 20.3 Å². The van der Waals surface area contributed by atoms with Gasteiger partial charge in [-0.1, -0.05) is 230 Å². The Morgan fingerprint density at radius 1 is 0.444 bits per heavy atom. The van der Waals surface area contributed by atoms with Crippen molar-refractivity contribution in [3.05, 3.63) is 36.5 Å². The van der Waals surface area contributed by atoms with Crippen LogP contribution in [0.25, 0.3) is 0 Å². The van der Waals surface area contributed by atoms with Gasteiger partial charge in [-0.2, -0.15) is 0 Å². The number of ether oxygens (including phenoxy) is 1. The maximum atomic E-state index is 12.4. The molecule has 0 heterocycles. The molecule has 0 aromatic rings. The van der Waals surface area contributed by atoms with Crippen LogP contribution in [0.1, 0.15) is 290 Å². The molecular weight excluding hydrogens is 779 g/mol. The lowest BCUT2D eigenvalue weighted by atomic mass is 10.0. The summed E-state index contributed by atoms with van der Waals surface area (Å²) >= 11 is 0. The van der Waals surface area contributed by atoms with E-state index in [4.69, 9.17) is 4.74 Å². The molecule has 3 N–H and O–H groups in total. The van der Waals surface area contributed by atoms with E-state index < -0.39 is 12.1 Å². The standard InChI is InChI=1S/C57H107NO5/c1-3-5-7-9-11-13-15-17-18-19-20-24-27-31-35-39-43-47-51-57(62)63-52-48-44-40-36-32-28-25-22-21-23-26-30-34-38-42-46-50-56(61)58-54(53-59)55(60)49-45-41-37-33-29-16-14-12-10-8-6-4-2/h13,15,18-19,21,23,54-55,59-60H,3-12,14,16-17,20,22,24-53H2,1-2H3,(H,58,61)/b15-13-,19-18-,23-21-. The third-order valence-electron chi connectivity index (χ3n) is 12.7. The largest absolute Gasteiger partial charge is 0.466 e. The maximum Gasteiger partial charge on any atom is 0.305 e. The zero-order chi connectivity index (χ0) is 45.8. The Morgan fingerprint density at radius 2 is 0.794 bits per heavy atom. The fourth-order valence-electron chi connectivity index (χ4n) is 8.37. The summed E-state index contributed by atoms with van der Waals surface area (Å²) in [4.78, 5) is 24.5. The van der Waals surface area contributed by atoms with Crippen LogP contribution in [0.5, 0.6) is 0 Å². The Labute approximate surface area is 392 Å². The second-order valence-corrected chi connectivity index (χ2v) is 18.9. The smallest absolute Gasteiger partial charge is 0.305 e. The summed E-state index contributed by atoms with van der Waals surface area (Å²) in [7, 11) is 0. The number of allylic oxidation sites excluding steroid dienone is 6. The molecule has 0 spiro atoms. The molecule has 0 aliphatic rings. The summed E-state index contributed by atoms with van der Waals surface area (Å²) in [5.41, 5.74) is 0. The molecule has 370 valence electrons. The minimum absolute atomic E-state index is 0.0105. The average molecular weight is 886 g/mol. The molecule has 0 saturated heterocycles. The lowest BCUT2D eigenvalue weighted by Crippen LogP contribution is -2.45. The number of carbonyl (C=O) groups excluding carboxylic acids is 2. The minimum atomic E-state index is -0.674. The second kappa shape index (κ2) is 52.7. The molecule has 0 aromatic heterocycles. The van der Waals surface area contributed by atoms with Crippen molar-refractivity contribution in [1.82, 2.24) is 5.32 Å². The van der Waals surface area contributed by atoms with Crippen molar-refractivity contribution in [2.45, 2.75) is 302 Å². The molecule has 0 radical (unpaired) electrons. The first kappa shape index (κ1) is 61.1. The highest BCUT2D eigenvalue weighted by Gasteiger charge is 2.20. The van der Waals surface area contributed by atoms with Crippen molar-refractivity contribution in [3.63, 3.8) is 0 Å². The molecule has 0 aliphatic heterocycles. The van der Waals surface area contributed by atoms with Crippen molar-refractivity contribution >= 4 is 11.9 Å². The van der Waals surface area contributed by atoms with Crippen molar-refractivity contribution in [3.8, 4) is 0 Å². The predicted octanol–water partition coefficient (Wildman–Crippen LogP) is 16.9. The number of aliphatic hydroxyl groups is 2. The molecule has 6 nitrogen and oxygen atoms in total. The second-order valence-electron chi connectivity index (χ2n) is 18.9. The number of hydrogen-bond donors (Lipinski definition) is 3. The van der Waals surface area contributed by atoms with Crippen LogP contribution >= 0.6 is 0 Å². The van der Waals surface area contributed by atoms with Gasteiger partial charge in [0.2, 0.25) is 5.91 Å². The van der Waals surface area contributed by atoms with Crippen molar-refractivity contribution in [1.29, 1.82) is 0 Å². The molecule has 0 saturated carbocycles. The lowest BCUT2D eigenvalue weighted by molar-refractivity contribution is -0.143. The normalized spacial score (nSPS) is 12.9. The van der Waals surface area contributed by atoms with Crippen LogP contribution in [0.15, 0.2) is 36.5 Å². The van der Waals surface area contributed by atoms with E-state index in [2.05, 4.69) is 55.6 Å². The van der Waals surface area contributed by atoms with Gasteiger partial charge in [-0.25, -0.2) is 0 Å². The summed E-state index contributed by atoms with van der Waals surface area (Å²) in [6, 6.07) is -0.553. The van der Waals surface area contributed by atoms with Gasteiger partial charge in [0.15, 0.2) is 0 Å². The highest BCUT2D eigenvalue weighted by molar-refractivity contribution is 5.76. The van der Waals surface area contributed by atoms with Crippen molar-refractivity contribution in [2.75, 3.05) is 13.2 Å². The van der Waals surface area contributed by atoms with Crippen LogP contribution in [-0.2, 0) is 14.3 Å². The minimum Gasteiger partial charge on any atom is -0.466 e. The molecule has 1 amide bonds. The first-order valence-corrected chi connectivity index (χ1v) is 27.7. The summed E-state index contributed by atoms with van der Waals surface area (Å²) in [6.07, 6.45) is 64.1. The number of unbranched alkanes of at least 4 members (excludes halogenated alkanes) is 34. The molecule has 0 rings (SSSR count). The van der Waals surface area contributed by atoms with Gasteiger partial charge >= 0.3 is 5.97 Å². The molecule has 0 bridgehead atoms. The molecular formula is C57H107NO5. The summed E-state index contributed by atoms with van der Waals surface area (Å²) in [5, 5.41) is 23.2. The molecule has 63 heavy (non-hydrogen) atoms. The summed E-state index contributed by atoms with van der Waals surface area (Å²) in [5.74, 6) is -0.0638. The number of rotatable bonds is 51. The molecule has 0 aliphatic carbocycles. The van der Waals surface area contributed by atoms with Gasteiger partial charge in [-0.15, -0.1) is 0 Å². The zero-order valence-electron chi connectivity index (χ0n) is 42.1. The predicted molar refractivity (Wildman–Crippen MR) is 273 cm³/mol. The van der Waals surface area contributed by atoms with Crippen LogP contribution in [0.2, 0.25) is 0 Å². The maximum absolute atomic E-state index is 12.4. The van der Waals surface area contributed by atoms with E-state index in [1.165, 1.54) is 186 Å². The van der Waals surface area contributed by atoms with E-state index in [-0.39, 0.29) is 18.5 Å². The van der Waals surface area contributed by atoms with E-state index >= 15 is 0 Å². The number of amides is 1. The Balaban J connectivity index is 3.46. The van der Waals surface area contributed by atoms with E-state index in [0.29, 0.717) is 25.9 Å². The summed E-state index contributed by atoms with van der Waals surface area (Å²) in [6.45, 7) is 4.90. The van der Waals surface area contributed by atoms with Crippen LogP contribution in [-0.4, -0.2) is 47.4 Å². The van der Waals surface area contributed by atoms with Crippen LogP contribution < -0.4 is 5.32 Å². The number of hydrogen-bond acceptors (Lipinski definition) is 5. The number of carbonyl (C=O) groups is 2. The van der Waals surface area contributed by atoms with E-state index in [1.807, 2.05) is 0 Å². The Morgan fingerprint density at radius 3 is 1.24 bits per heavy atom. The van der Waals surface area contributed by atoms with E-state index in [0.717, 1.165) is 70.6 Å². The van der Waals surface area contributed by atoms with Crippen molar-refractivity contribution < 1.29 is 24.5 Å². The van der Waals surface area contributed by atoms with Crippen LogP contribution in [0.4, 0.5) is 0 Å². The third-order valence-corrected chi connectivity index (χ3v) is 12.7. The Kier molecular flexibility index (Phi) is 51.1. The van der Waals surface area contributed by atoms with Crippen LogP contribution in [0, 0.1) is 0 Å². The van der Waals surface area contributed by atoms with Crippen LogP contribution in [0.3, 0.4) is 0 Å². The SMILES string of the molecule is CCCCCC/C=C\C/C=C\CCCCCCCCCC(=O)OCCCCCCCCC/C=C\CCCCCCCC(=O)NC(CO)C(O)CCCCCCCCCCCCCC. The Hall–Kier alpha value is -1.92. The van der Waals surface area contributed by atoms with Gasteiger partial charge in [0.25, 0.3) is 0 Å². The lowest BCUT2D eigenvalue weighted by Gasteiger charge is -2.22. The fourth-order valence-corrected chi connectivity index (χ4v) is 8.37. The van der Waals surface area contributed by atoms with Gasteiger partial charge in [-0.3, -0.25) is 9.59 Å². The van der Waals surface area contributed by atoms with Gasteiger partial charge in [0.05, 0.1) is 25.4 Å². The third kappa shape index (κ3) is 49.4. The van der Waals surface area contributed by atoms with Crippen molar-refractivity contribution in [2.24, 2.45) is 0 Å². The quantitative estimate of drug-likeness (QED) is 0.0321. The van der Waals surface area contributed by atoms with Gasteiger partial charge in [0, 0.05) is 12.8 Å². The summed E-state index contributed by atoms with van der Waals surface area (Å²) < 4.78 is 5.47. The number of esters is 1. The number of aliphatic hydroxyl groups excluding tert-OH is 2. The molecule has 0 aromatic carbocycles. The van der Waals surface area contributed by atoms with E-state index in [9.17, 15) is 19.8 Å². The molecule has 2 unspecified atom stereocenters. The monoisotopic (exact) mass is 886 g/mol. The van der Waals surface area contributed by atoms with Gasteiger partial charge in [-0.05, 0) is 83.5 Å². The zero-order valence-corrected chi connectivity index (χ0v) is 42.1. The first-order chi connectivity index (χ1) is 31.0. The average Bonchev–Trinajstić information content (AvgIpc) is 3.28. The Bertz CT molecular complexity index is 1020. The first-order valence-electron chi connectivity index (χ1n) is 27.7. The number of nitrogens with one attached hydrogen (secondary N) is 1. The fraction of sp³-hybridized carbons (Fsp3) is 0.860. The van der Waals surface area contributed by atoms with E-state index in [1.54, 1.807) is 0 Å². The molecule has 0 fully saturated rings. The highest BCUT2D eigenvalue weighted by atomic mass is 16.5. The topological polar surface area (TPSA) is 95.9 Å². The molecule has 2 atom stereocenters.